The Morgan fingerprint density at radius 3 is 1.10 bits per heavy atom. The topological polar surface area (TPSA) is 0 Å². The molecule has 0 aromatic heterocycles. The van der Waals surface area contributed by atoms with Crippen molar-refractivity contribution in [2.24, 2.45) is 0 Å². The fraction of sp³-hybridized carbons (Fsp3) is 0.103. The van der Waals surface area contributed by atoms with E-state index in [4.69, 9.17) is 0 Å². The largest absolute Gasteiger partial charge is 0.0619 e. The number of rotatable bonds is 4. The van der Waals surface area contributed by atoms with Gasteiger partial charge in [0, 0.05) is 10.8 Å². The lowest BCUT2D eigenvalue weighted by Crippen LogP contribution is -2.14. The fourth-order valence-corrected chi connectivity index (χ4v) is 10.8. The summed E-state index contributed by atoms with van der Waals surface area (Å²) < 4.78 is 0. The normalized spacial score (nSPS) is 14.5. The van der Waals surface area contributed by atoms with Crippen LogP contribution in [0, 0.1) is 0 Å². The van der Waals surface area contributed by atoms with Gasteiger partial charge in [0.2, 0.25) is 0 Å². The van der Waals surface area contributed by atoms with Gasteiger partial charge in [-0.05, 0) is 146 Å². The summed E-state index contributed by atoms with van der Waals surface area (Å²) in [5, 5.41) is 7.83. The summed E-state index contributed by atoms with van der Waals surface area (Å²) in [7, 11) is 0. The molecular weight excluding hydrogens is 697 g/mol. The summed E-state index contributed by atoms with van der Waals surface area (Å²) in [5.74, 6) is 0. The molecule has 0 atom stereocenters. The third-order valence-corrected chi connectivity index (χ3v) is 13.8. The van der Waals surface area contributed by atoms with Gasteiger partial charge < -0.3 is 0 Å². The van der Waals surface area contributed by atoms with Gasteiger partial charge in [-0.15, -0.1) is 0 Å². The molecule has 0 saturated carbocycles. The highest BCUT2D eigenvalue weighted by Gasteiger charge is 2.36. The first-order chi connectivity index (χ1) is 28.3. The Hall–Kier alpha value is -6.76. The van der Waals surface area contributed by atoms with Gasteiger partial charge in [-0.25, -0.2) is 0 Å². The molecule has 0 N–H and O–H groups in total. The molecule has 0 heterocycles. The van der Waals surface area contributed by atoms with E-state index in [1.165, 1.54) is 121 Å². The van der Waals surface area contributed by atoms with E-state index in [-0.39, 0.29) is 10.8 Å². The molecule has 2 aliphatic rings. The minimum atomic E-state index is 0.00374. The van der Waals surface area contributed by atoms with Crippen molar-refractivity contribution in [3.8, 4) is 66.8 Å². The van der Waals surface area contributed by atoms with Crippen LogP contribution in [0.15, 0.2) is 182 Å². The maximum absolute atomic E-state index is 2.41. The first-order valence-electron chi connectivity index (χ1n) is 20.7. The Morgan fingerprint density at radius 1 is 0.259 bits per heavy atom. The summed E-state index contributed by atoms with van der Waals surface area (Å²) in [6.07, 6.45) is 0. The predicted octanol–water partition coefficient (Wildman–Crippen LogP) is 15.9. The van der Waals surface area contributed by atoms with Crippen molar-refractivity contribution < 1.29 is 0 Å². The minimum absolute atomic E-state index is 0.00374. The Balaban J connectivity index is 0.958. The SMILES string of the molecule is CC1(C)c2ccccc2-c2cc(-c3cccc(-c4ccc5ccc6c(-c7cccc(-c8ccc9c(c8)-c8ccccc8C9(C)C)c7)ccc7ccc4c5c76)c3)ccc21. The minimum Gasteiger partial charge on any atom is -0.0619 e. The molecule has 0 amide bonds. The van der Waals surface area contributed by atoms with Gasteiger partial charge in [0.15, 0.2) is 0 Å². The highest BCUT2D eigenvalue weighted by molar-refractivity contribution is 6.27. The molecule has 274 valence electrons. The molecular formula is C58H42. The Labute approximate surface area is 340 Å². The van der Waals surface area contributed by atoms with Crippen LogP contribution in [-0.4, -0.2) is 0 Å². The van der Waals surface area contributed by atoms with E-state index in [2.05, 4.69) is 210 Å². The van der Waals surface area contributed by atoms with Crippen LogP contribution in [0.2, 0.25) is 0 Å². The van der Waals surface area contributed by atoms with E-state index in [0.29, 0.717) is 0 Å². The van der Waals surface area contributed by atoms with Crippen molar-refractivity contribution in [3.63, 3.8) is 0 Å². The zero-order valence-corrected chi connectivity index (χ0v) is 33.3. The molecule has 0 unspecified atom stereocenters. The number of benzene rings is 10. The molecule has 0 radical (unpaired) electrons. The van der Waals surface area contributed by atoms with Crippen molar-refractivity contribution >= 4 is 32.3 Å². The van der Waals surface area contributed by atoms with Gasteiger partial charge in [0.05, 0.1) is 0 Å². The monoisotopic (exact) mass is 738 g/mol. The summed E-state index contributed by atoms with van der Waals surface area (Å²) in [4.78, 5) is 0. The second-order valence-electron chi connectivity index (χ2n) is 17.7. The van der Waals surface area contributed by atoms with Gasteiger partial charge in [-0.2, -0.15) is 0 Å². The van der Waals surface area contributed by atoms with E-state index >= 15 is 0 Å². The fourth-order valence-electron chi connectivity index (χ4n) is 10.8. The molecule has 0 aliphatic heterocycles. The quantitative estimate of drug-likeness (QED) is 0.158. The zero-order valence-electron chi connectivity index (χ0n) is 33.3. The van der Waals surface area contributed by atoms with Gasteiger partial charge in [0.25, 0.3) is 0 Å². The van der Waals surface area contributed by atoms with Crippen molar-refractivity contribution in [1.82, 2.24) is 0 Å². The smallest absolute Gasteiger partial charge is 0.0158 e. The molecule has 10 aromatic carbocycles. The van der Waals surface area contributed by atoms with Crippen LogP contribution in [0.4, 0.5) is 0 Å². The molecule has 0 saturated heterocycles. The molecule has 58 heavy (non-hydrogen) atoms. The number of hydrogen-bond acceptors (Lipinski definition) is 0. The highest BCUT2D eigenvalue weighted by atomic mass is 14.4. The first-order valence-corrected chi connectivity index (χ1v) is 20.7. The maximum Gasteiger partial charge on any atom is 0.0158 e. The summed E-state index contributed by atoms with van der Waals surface area (Å²) in [6, 6.07) is 68.9. The van der Waals surface area contributed by atoms with Crippen LogP contribution in [0.1, 0.15) is 49.9 Å². The van der Waals surface area contributed by atoms with E-state index in [9.17, 15) is 0 Å². The third-order valence-electron chi connectivity index (χ3n) is 13.8. The Bertz CT molecular complexity index is 3110. The van der Waals surface area contributed by atoms with Crippen LogP contribution in [0.3, 0.4) is 0 Å². The molecule has 10 aromatic rings. The standard InChI is InChI=1S/C58H42/c1-57(2)51-17-7-5-15-45(51)49-33-39(23-29-53(49)57)37-11-9-13-41(31-37)43-25-19-35-22-28-48-44(26-20-36-21-27-47(43)55(35)56(36)48)42-14-10-12-38(32-42)40-24-30-54-50(34-40)46-16-6-8-18-52(46)58(54,3)4/h5-34H,1-4H3. The lowest BCUT2D eigenvalue weighted by Gasteiger charge is -2.21. The molecule has 2 aliphatic carbocycles. The molecule has 0 spiro atoms. The molecule has 0 bridgehead atoms. The average Bonchev–Trinajstić information content (AvgIpc) is 3.64. The second kappa shape index (κ2) is 11.9. The lowest BCUT2D eigenvalue weighted by atomic mass is 9.82. The van der Waals surface area contributed by atoms with Gasteiger partial charge >= 0.3 is 0 Å². The van der Waals surface area contributed by atoms with Crippen LogP contribution in [0.5, 0.6) is 0 Å². The van der Waals surface area contributed by atoms with Crippen LogP contribution < -0.4 is 0 Å². The highest BCUT2D eigenvalue weighted by Crippen LogP contribution is 2.51. The van der Waals surface area contributed by atoms with Crippen LogP contribution in [0.25, 0.3) is 99.1 Å². The Kier molecular flexibility index (Phi) is 6.84. The van der Waals surface area contributed by atoms with Crippen molar-refractivity contribution in [2.45, 2.75) is 38.5 Å². The third kappa shape index (κ3) is 4.63. The predicted molar refractivity (Wildman–Crippen MR) is 247 cm³/mol. The molecule has 0 nitrogen and oxygen atoms in total. The van der Waals surface area contributed by atoms with Crippen molar-refractivity contribution in [1.29, 1.82) is 0 Å². The second-order valence-corrected chi connectivity index (χ2v) is 17.7. The van der Waals surface area contributed by atoms with E-state index in [1.807, 2.05) is 0 Å². The van der Waals surface area contributed by atoms with E-state index < -0.39 is 0 Å². The van der Waals surface area contributed by atoms with E-state index in [0.717, 1.165) is 0 Å². The average molecular weight is 739 g/mol. The maximum atomic E-state index is 2.41. The van der Waals surface area contributed by atoms with Crippen LogP contribution in [-0.2, 0) is 10.8 Å². The van der Waals surface area contributed by atoms with Gasteiger partial charge in [-0.3, -0.25) is 0 Å². The zero-order chi connectivity index (χ0) is 38.9. The van der Waals surface area contributed by atoms with Gasteiger partial charge in [0.1, 0.15) is 0 Å². The van der Waals surface area contributed by atoms with Gasteiger partial charge in [-0.1, -0.05) is 185 Å². The molecule has 12 rings (SSSR count). The number of fused-ring (bicyclic) bond motifs is 6. The summed E-state index contributed by atoms with van der Waals surface area (Å²) in [6.45, 7) is 9.39. The molecule has 0 fully saturated rings. The first kappa shape index (κ1) is 33.4. The molecule has 0 heteroatoms. The van der Waals surface area contributed by atoms with E-state index in [1.54, 1.807) is 0 Å². The van der Waals surface area contributed by atoms with Crippen molar-refractivity contribution in [2.75, 3.05) is 0 Å². The Morgan fingerprint density at radius 2 is 0.638 bits per heavy atom. The lowest BCUT2D eigenvalue weighted by molar-refractivity contribution is 0.660. The van der Waals surface area contributed by atoms with Crippen LogP contribution >= 0.6 is 0 Å². The number of hydrogen-bond donors (Lipinski definition) is 0. The summed E-state index contributed by atoms with van der Waals surface area (Å²) >= 11 is 0. The van der Waals surface area contributed by atoms with Crippen molar-refractivity contribution in [3.05, 3.63) is 204 Å². The summed E-state index contributed by atoms with van der Waals surface area (Å²) in [5.41, 5.74) is 21.1.